The predicted octanol–water partition coefficient (Wildman–Crippen LogP) is 0.206. The SMILES string of the molecule is CC(N)c1nnc2scnn12. The van der Waals surface area contributed by atoms with Crippen molar-refractivity contribution in [2.75, 3.05) is 0 Å². The maximum absolute atomic E-state index is 5.62. The fraction of sp³-hybridized carbons (Fsp3) is 0.400. The van der Waals surface area contributed by atoms with Crippen molar-refractivity contribution >= 4 is 16.3 Å². The summed E-state index contributed by atoms with van der Waals surface area (Å²) < 4.78 is 1.66. The van der Waals surface area contributed by atoms with Crippen LogP contribution in [0.4, 0.5) is 0 Å². The molecule has 0 amide bonds. The van der Waals surface area contributed by atoms with Gasteiger partial charge in [0, 0.05) is 0 Å². The smallest absolute Gasteiger partial charge is 0.234 e. The van der Waals surface area contributed by atoms with E-state index < -0.39 is 0 Å². The number of rotatable bonds is 1. The minimum Gasteiger partial charge on any atom is -0.321 e. The third kappa shape index (κ3) is 0.908. The topological polar surface area (TPSA) is 69.1 Å². The van der Waals surface area contributed by atoms with Gasteiger partial charge in [-0.2, -0.15) is 9.61 Å². The second kappa shape index (κ2) is 2.24. The quantitative estimate of drug-likeness (QED) is 0.662. The predicted molar refractivity (Wildman–Crippen MR) is 41.3 cm³/mol. The van der Waals surface area contributed by atoms with Crippen LogP contribution in [0, 0.1) is 0 Å². The summed E-state index contributed by atoms with van der Waals surface area (Å²) in [6.07, 6.45) is 0. The van der Waals surface area contributed by atoms with Crippen LogP contribution in [0.5, 0.6) is 0 Å². The Hall–Kier alpha value is -1.01. The lowest BCUT2D eigenvalue weighted by molar-refractivity contribution is 0.699. The summed E-state index contributed by atoms with van der Waals surface area (Å²) in [5, 5.41) is 11.8. The molecule has 0 aliphatic rings. The van der Waals surface area contributed by atoms with Crippen molar-refractivity contribution in [2.24, 2.45) is 5.73 Å². The molecule has 0 fully saturated rings. The highest BCUT2D eigenvalue weighted by atomic mass is 32.1. The Kier molecular flexibility index (Phi) is 1.36. The molecule has 0 aliphatic heterocycles. The molecular weight excluding hydrogens is 162 g/mol. The molecule has 0 aliphatic carbocycles. The zero-order valence-corrected chi connectivity index (χ0v) is 6.75. The van der Waals surface area contributed by atoms with Crippen molar-refractivity contribution < 1.29 is 0 Å². The minimum atomic E-state index is -0.118. The number of hydrogen-bond acceptors (Lipinski definition) is 5. The molecule has 2 aromatic rings. The first-order valence-electron chi connectivity index (χ1n) is 3.19. The molecule has 5 nitrogen and oxygen atoms in total. The van der Waals surface area contributed by atoms with Crippen LogP contribution in [0.15, 0.2) is 5.51 Å². The number of aromatic nitrogens is 4. The first kappa shape index (κ1) is 6.68. The van der Waals surface area contributed by atoms with Crippen molar-refractivity contribution in [1.82, 2.24) is 19.8 Å². The van der Waals surface area contributed by atoms with Gasteiger partial charge in [0.15, 0.2) is 5.82 Å². The molecule has 0 saturated heterocycles. The summed E-state index contributed by atoms with van der Waals surface area (Å²) in [5.74, 6) is 0.709. The summed E-state index contributed by atoms with van der Waals surface area (Å²) in [4.78, 5) is 0.789. The molecule has 2 aromatic heterocycles. The summed E-state index contributed by atoms with van der Waals surface area (Å²) in [6, 6.07) is -0.118. The third-order valence-corrected chi connectivity index (χ3v) is 2.03. The van der Waals surface area contributed by atoms with Gasteiger partial charge in [0.1, 0.15) is 5.51 Å². The second-order valence-electron chi connectivity index (χ2n) is 2.28. The zero-order valence-electron chi connectivity index (χ0n) is 5.93. The number of nitrogens with two attached hydrogens (primary N) is 1. The van der Waals surface area contributed by atoms with Crippen LogP contribution in [0.2, 0.25) is 0 Å². The Bertz CT molecular complexity index is 361. The van der Waals surface area contributed by atoms with Gasteiger partial charge in [-0.1, -0.05) is 11.3 Å². The van der Waals surface area contributed by atoms with Gasteiger partial charge in [-0.15, -0.1) is 10.2 Å². The van der Waals surface area contributed by atoms with E-state index in [4.69, 9.17) is 5.73 Å². The Labute approximate surface area is 66.9 Å². The largest absolute Gasteiger partial charge is 0.321 e. The molecule has 58 valence electrons. The fourth-order valence-corrected chi connectivity index (χ4v) is 1.42. The molecule has 0 bridgehead atoms. The fourth-order valence-electron chi connectivity index (χ4n) is 0.861. The van der Waals surface area contributed by atoms with E-state index in [9.17, 15) is 0 Å². The molecule has 2 rings (SSSR count). The average molecular weight is 169 g/mol. The first-order valence-corrected chi connectivity index (χ1v) is 4.07. The Balaban J connectivity index is 2.68. The van der Waals surface area contributed by atoms with Gasteiger partial charge in [-0.25, -0.2) is 0 Å². The van der Waals surface area contributed by atoms with Crippen LogP contribution >= 0.6 is 11.3 Å². The van der Waals surface area contributed by atoms with Crippen molar-refractivity contribution in [3.05, 3.63) is 11.3 Å². The van der Waals surface area contributed by atoms with Crippen LogP contribution in [0.25, 0.3) is 4.96 Å². The maximum Gasteiger partial charge on any atom is 0.234 e. The number of hydrogen-bond donors (Lipinski definition) is 1. The molecule has 1 atom stereocenters. The molecule has 0 spiro atoms. The van der Waals surface area contributed by atoms with Crippen LogP contribution in [0.3, 0.4) is 0 Å². The number of fused-ring (bicyclic) bond motifs is 1. The first-order chi connectivity index (χ1) is 5.29. The maximum atomic E-state index is 5.62. The number of nitrogens with zero attached hydrogens (tertiary/aromatic N) is 4. The second-order valence-corrected chi connectivity index (χ2v) is 3.09. The van der Waals surface area contributed by atoms with Crippen molar-refractivity contribution in [3.8, 4) is 0 Å². The molecular formula is C5H7N5S. The van der Waals surface area contributed by atoms with Gasteiger partial charge >= 0.3 is 0 Å². The van der Waals surface area contributed by atoms with E-state index in [1.165, 1.54) is 11.3 Å². The normalized spacial score (nSPS) is 14.0. The van der Waals surface area contributed by atoms with E-state index in [-0.39, 0.29) is 6.04 Å². The summed E-state index contributed by atoms with van der Waals surface area (Å²) >= 11 is 1.45. The van der Waals surface area contributed by atoms with E-state index in [0.717, 1.165) is 4.96 Å². The average Bonchev–Trinajstić information content (AvgIpc) is 2.41. The molecule has 0 radical (unpaired) electrons. The highest BCUT2D eigenvalue weighted by Gasteiger charge is 2.10. The molecule has 11 heavy (non-hydrogen) atoms. The van der Waals surface area contributed by atoms with E-state index >= 15 is 0 Å². The molecule has 2 N–H and O–H groups in total. The lowest BCUT2D eigenvalue weighted by Gasteiger charge is -1.96. The zero-order chi connectivity index (χ0) is 7.84. The lowest BCUT2D eigenvalue weighted by Crippen LogP contribution is -2.09. The standard InChI is InChI=1S/C5H7N5S/c1-3(6)4-8-9-5-10(4)7-2-11-5/h2-3H,6H2,1H3. The van der Waals surface area contributed by atoms with Crippen LogP contribution in [-0.2, 0) is 0 Å². The lowest BCUT2D eigenvalue weighted by atomic mass is 10.3. The van der Waals surface area contributed by atoms with Gasteiger partial charge in [0.25, 0.3) is 0 Å². The molecule has 1 unspecified atom stereocenters. The monoisotopic (exact) mass is 169 g/mol. The van der Waals surface area contributed by atoms with Crippen LogP contribution < -0.4 is 5.73 Å². The Morgan fingerprint density at radius 3 is 3.18 bits per heavy atom. The molecule has 2 heterocycles. The van der Waals surface area contributed by atoms with Gasteiger partial charge in [0.05, 0.1) is 6.04 Å². The Morgan fingerprint density at radius 2 is 2.45 bits per heavy atom. The highest BCUT2D eigenvalue weighted by Crippen LogP contribution is 2.11. The van der Waals surface area contributed by atoms with E-state index in [1.54, 1.807) is 10.0 Å². The third-order valence-electron chi connectivity index (χ3n) is 1.36. The molecule has 0 aromatic carbocycles. The van der Waals surface area contributed by atoms with E-state index in [0.29, 0.717) is 5.82 Å². The van der Waals surface area contributed by atoms with E-state index in [1.807, 2.05) is 6.92 Å². The minimum absolute atomic E-state index is 0.118. The highest BCUT2D eigenvalue weighted by molar-refractivity contribution is 7.14. The van der Waals surface area contributed by atoms with Crippen molar-refractivity contribution in [3.63, 3.8) is 0 Å². The summed E-state index contributed by atoms with van der Waals surface area (Å²) in [6.45, 7) is 1.86. The molecule has 0 saturated carbocycles. The van der Waals surface area contributed by atoms with Gasteiger partial charge in [0.2, 0.25) is 4.96 Å². The van der Waals surface area contributed by atoms with Gasteiger partial charge in [-0.3, -0.25) is 0 Å². The van der Waals surface area contributed by atoms with Crippen LogP contribution in [-0.4, -0.2) is 19.8 Å². The Morgan fingerprint density at radius 1 is 1.64 bits per heavy atom. The van der Waals surface area contributed by atoms with Gasteiger partial charge in [-0.05, 0) is 6.92 Å². The summed E-state index contributed by atoms with van der Waals surface area (Å²) in [5.41, 5.74) is 7.34. The summed E-state index contributed by atoms with van der Waals surface area (Å²) in [7, 11) is 0. The molecule has 6 heteroatoms. The van der Waals surface area contributed by atoms with Crippen LogP contribution in [0.1, 0.15) is 18.8 Å². The van der Waals surface area contributed by atoms with E-state index in [2.05, 4.69) is 15.3 Å². The van der Waals surface area contributed by atoms with Crippen molar-refractivity contribution in [2.45, 2.75) is 13.0 Å². The van der Waals surface area contributed by atoms with Crippen molar-refractivity contribution in [1.29, 1.82) is 0 Å². The van der Waals surface area contributed by atoms with Gasteiger partial charge < -0.3 is 5.73 Å².